The zero-order valence-corrected chi connectivity index (χ0v) is 17.4. The van der Waals surface area contributed by atoms with Crippen molar-refractivity contribution in [1.29, 1.82) is 0 Å². The van der Waals surface area contributed by atoms with Crippen LogP contribution in [0.1, 0.15) is 20.3 Å². The Hall–Kier alpha value is -2.03. The molecule has 1 N–H and O–H groups in total. The summed E-state index contributed by atoms with van der Waals surface area (Å²) in [5.41, 5.74) is 1.76. The van der Waals surface area contributed by atoms with Crippen LogP contribution in [0.3, 0.4) is 0 Å². The molecule has 1 unspecified atom stereocenters. The molecule has 0 spiro atoms. The van der Waals surface area contributed by atoms with E-state index in [-0.39, 0.29) is 17.0 Å². The minimum absolute atomic E-state index is 0.0245. The molecule has 0 aliphatic heterocycles. The number of hydrogen-bond donors (Lipinski definition) is 1. The molecule has 0 aliphatic carbocycles. The maximum absolute atomic E-state index is 13.2. The molecule has 0 saturated carbocycles. The number of rotatable bonds is 9. The number of carbonyl (C=O) groups is 1. The van der Waals surface area contributed by atoms with E-state index < -0.39 is 0 Å². The molecule has 3 aromatic rings. The highest BCUT2D eigenvalue weighted by Crippen LogP contribution is 2.38. The molecule has 5 nitrogen and oxygen atoms in total. The van der Waals surface area contributed by atoms with E-state index >= 15 is 0 Å². The predicted octanol–water partition coefficient (Wildman–Crippen LogP) is 4.52. The summed E-state index contributed by atoms with van der Waals surface area (Å²) in [6, 6.07) is 8.35. The van der Waals surface area contributed by atoms with Crippen LogP contribution in [-0.4, -0.2) is 40.9 Å². The number of benzene rings is 1. The number of nitrogens with zero attached hydrogens (tertiary/aromatic N) is 2. The van der Waals surface area contributed by atoms with Crippen LogP contribution >= 0.6 is 23.1 Å². The van der Waals surface area contributed by atoms with Crippen molar-refractivity contribution in [2.24, 2.45) is 0 Å². The number of amides is 1. The molecule has 8 heteroatoms. The smallest absolute Gasteiger partial charge is 0.233 e. The first kappa shape index (κ1) is 20.7. The third-order valence-corrected chi connectivity index (χ3v) is 6.44. The first-order valence-electron chi connectivity index (χ1n) is 9.11. The summed E-state index contributed by atoms with van der Waals surface area (Å²) in [6.45, 7) is 5.74. The second-order valence-electron chi connectivity index (χ2n) is 6.11. The topological polar surface area (TPSA) is 64.1 Å². The number of thioether (sulfide) groups is 1. The Morgan fingerprint density at radius 2 is 2.11 bits per heavy atom. The first-order valence-corrected chi connectivity index (χ1v) is 10.8. The molecule has 3 rings (SSSR count). The predicted molar refractivity (Wildman–Crippen MR) is 112 cm³/mol. The molecule has 1 amide bonds. The van der Waals surface area contributed by atoms with E-state index in [1.165, 1.54) is 30.2 Å². The Morgan fingerprint density at radius 3 is 2.86 bits per heavy atom. The largest absolute Gasteiger partial charge is 0.382 e. The van der Waals surface area contributed by atoms with Gasteiger partial charge in [0.05, 0.1) is 15.5 Å². The lowest BCUT2D eigenvalue weighted by Gasteiger charge is -2.11. The van der Waals surface area contributed by atoms with Crippen LogP contribution in [0.5, 0.6) is 0 Å². The maximum Gasteiger partial charge on any atom is 0.233 e. The van der Waals surface area contributed by atoms with Gasteiger partial charge in [-0.15, -0.1) is 11.3 Å². The van der Waals surface area contributed by atoms with Crippen molar-refractivity contribution in [1.82, 2.24) is 15.3 Å². The van der Waals surface area contributed by atoms with Gasteiger partial charge in [0.25, 0.3) is 0 Å². The fourth-order valence-corrected chi connectivity index (χ4v) is 4.68. The van der Waals surface area contributed by atoms with Crippen molar-refractivity contribution in [2.75, 3.05) is 19.8 Å². The number of hydrogen-bond acceptors (Lipinski definition) is 6. The van der Waals surface area contributed by atoms with Crippen LogP contribution in [0, 0.1) is 5.82 Å². The van der Waals surface area contributed by atoms with Crippen LogP contribution in [-0.2, 0) is 9.53 Å². The molecule has 0 aliphatic rings. The number of carbonyl (C=O) groups excluding carboxylic acids is 1. The number of thiophene rings is 1. The van der Waals surface area contributed by atoms with Gasteiger partial charge in [-0.2, -0.15) is 0 Å². The third kappa shape index (κ3) is 5.27. The van der Waals surface area contributed by atoms with Crippen LogP contribution < -0.4 is 5.32 Å². The lowest BCUT2D eigenvalue weighted by atomic mass is 10.2. The Balaban J connectivity index is 1.69. The summed E-state index contributed by atoms with van der Waals surface area (Å²) >= 11 is 2.96. The molecule has 2 heterocycles. The summed E-state index contributed by atoms with van der Waals surface area (Å²) in [5, 5.41) is 3.43. The van der Waals surface area contributed by atoms with Gasteiger partial charge in [-0.05, 0) is 44.0 Å². The van der Waals surface area contributed by atoms with E-state index in [1.807, 2.05) is 19.9 Å². The van der Waals surface area contributed by atoms with Gasteiger partial charge in [0.2, 0.25) is 5.91 Å². The Labute approximate surface area is 171 Å². The monoisotopic (exact) mass is 419 g/mol. The molecule has 2 aromatic heterocycles. The molecule has 0 saturated heterocycles. The summed E-state index contributed by atoms with van der Waals surface area (Å²) < 4.78 is 19.4. The van der Waals surface area contributed by atoms with E-state index in [0.717, 1.165) is 32.1 Å². The zero-order chi connectivity index (χ0) is 19.9. The summed E-state index contributed by atoms with van der Waals surface area (Å²) in [7, 11) is 0. The van der Waals surface area contributed by atoms with Gasteiger partial charge in [-0.3, -0.25) is 4.79 Å². The SMILES string of the molecule is CCOCCCNC(=O)C(C)Sc1ncnc2cc(-c3ccc(F)cc3)sc12. The molecular formula is C20H22FN3O2S2. The van der Waals surface area contributed by atoms with Crippen LogP contribution in [0.25, 0.3) is 20.7 Å². The van der Waals surface area contributed by atoms with Gasteiger partial charge in [0.1, 0.15) is 17.2 Å². The molecular weight excluding hydrogens is 397 g/mol. The highest BCUT2D eigenvalue weighted by Gasteiger charge is 2.18. The van der Waals surface area contributed by atoms with Crippen LogP contribution in [0.4, 0.5) is 4.39 Å². The summed E-state index contributed by atoms with van der Waals surface area (Å²) in [4.78, 5) is 22.0. The fraction of sp³-hybridized carbons (Fsp3) is 0.350. The molecule has 1 atom stereocenters. The average Bonchev–Trinajstić information content (AvgIpc) is 3.13. The van der Waals surface area contributed by atoms with E-state index in [0.29, 0.717) is 19.8 Å². The van der Waals surface area contributed by atoms with Crippen molar-refractivity contribution in [2.45, 2.75) is 30.5 Å². The zero-order valence-electron chi connectivity index (χ0n) is 15.8. The van der Waals surface area contributed by atoms with Gasteiger partial charge in [-0.25, -0.2) is 14.4 Å². The third-order valence-electron chi connectivity index (χ3n) is 4.03. The quantitative estimate of drug-likeness (QED) is 0.314. The van der Waals surface area contributed by atoms with Crippen LogP contribution in [0.2, 0.25) is 0 Å². The van der Waals surface area contributed by atoms with Crippen LogP contribution in [0.15, 0.2) is 41.7 Å². The number of aromatic nitrogens is 2. The number of ether oxygens (including phenoxy) is 1. The fourth-order valence-electron chi connectivity index (χ4n) is 2.57. The van der Waals surface area contributed by atoms with Crippen molar-refractivity contribution >= 4 is 39.2 Å². The normalized spacial score (nSPS) is 12.2. The number of halogens is 1. The van der Waals surface area contributed by atoms with Crippen molar-refractivity contribution in [3.8, 4) is 10.4 Å². The minimum atomic E-state index is -0.276. The highest BCUT2D eigenvalue weighted by atomic mass is 32.2. The molecule has 1 aromatic carbocycles. The lowest BCUT2D eigenvalue weighted by Crippen LogP contribution is -2.32. The standard InChI is InChI=1S/C20H22FN3O2S2/c1-3-26-10-4-9-22-19(25)13(2)27-20-18-16(23-12-24-20)11-17(28-18)14-5-7-15(21)8-6-14/h5-8,11-13H,3-4,9-10H2,1-2H3,(H,22,25). The minimum Gasteiger partial charge on any atom is -0.382 e. The van der Waals surface area contributed by atoms with Crippen molar-refractivity contribution < 1.29 is 13.9 Å². The molecule has 148 valence electrons. The molecule has 0 fully saturated rings. The van der Waals surface area contributed by atoms with Crippen molar-refractivity contribution in [3.05, 3.63) is 42.5 Å². The maximum atomic E-state index is 13.2. The second kappa shape index (κ2) is 9.95. The van der Waals surface area contributed by atoms with E-state index in [2.05, 4.69) is 15.3 Å². The number of nitrogens with one attached hydrogen (secondary N) is 1. The Morgan fingerprint density at radius 1 is 1.32 bits per heavy atom. The Bertz CT molecular complexity index is 931. The number of fused-ring (bicyclic) bond motifs is 1. The highest BCUT2D eigenvalue weighted by molar-refractivity contribution is 8.00. The molecule has 0 bridgehead atoms. The van der Waals surface area contributed by atoms with E-state index in [1.54, 1.807) is 23.5 Å². The van der Waals surface area contributed by atoms with E-state index in [9.17, 15) is 9.18 Å². The van der Waals surface area contributed by atoms with E-state index in [4.69, 9.17) is 4.74 Å². The first-order chi connectivity index (χ1) is 13.6. The Kier molecular flexibility index (Phi) is 7.36. The molecule has 0 radical (unpaired) electrons. The second-order valence-corrected chi connectivity index (χ2v) is 8.49. The molecule has 28 heavy (non-hydrogen) atoms. The van der Waals surface area contributed by atoms with Gasteiger partial charge in [0, 0.05) is 24.6 Å². The average molecular weight is 420 g/mol. The summed E-state index contributed by atoms with van der Waals surface area (Å²) in [5.74, 6) is -0.287. The lowest BCUT2D eigenvalue weighted by molar-refractivity contribution is -0.120. The van der Waals surface area contributed by atoms with Gasteiger partial charge in [0.15, 0.2) is 0 Å². The summed E-state index contributed by atoms with van der Waals surface area (Å²) in [6.07, 6.45) is 2.30. The van der Waals surface area contributed by atoms with Crippen molar-refractivity contribution in [3.63, 3.8) is 0 Å². The van der Waals surface area contributed by atoms with Gasteiger partial charge < -0.3 is 10.1 Å². The van der Waals surface area contributed by atoms with Gasteiger partial charge in [-0.1, -0.05) is 23.9 Å². The van der Waals surface area contributed by atoms with Gasteiger partial charge >= 0.3 is 0 Å².